The maximum absolute atomic E-state index is 12.9. The van der Waals surface area contributed by atoms with E-state index in [2.05, 4.69) is 88.0 Å². The summed E-state index contributed by atoms with van der Waals surface area (Å²) in [5, 5.41) is 2.55. The van der Waals surface area contributed by atoms with Crippen LogP contribution in [0, 0.1) is 0 Å². The summed E-state index contributed by atoms with van der Waals surface area (Å²) >= 11 is 0. The maximum Gasteiger partial charge on any atom is 0.264 e. The Bertz CT molecular complexity index is 1620. The van der Waals surface area contributed by atoms with Gasteiger partial charge in [-0.1, -0.05) is 59.7 Å². The lowest BCUT2D eigenvalue weighted by molar-refractivity contribution is -0.0465. The number of benzene rings is 1. The molecular formula is C30H47N5O7SSi2. The Morgan fingerprint density at radius 3 is 2.16 bits per heavy atom. The van der Waals surface area contributed by atoms with Crippen molar-refractivity contribution in [1.29, 1.82) is 0 Å². The molecule has 1 aromatic carbocycles. The molecule has 12 nitrogen and oxygen atoms in total. The third-order valence-corrected chi connectivity index (χ3v) is 18.7. The van der Waals surface area contributed by atoms with Gasteiger partial charge in [0.05, 0.1) is 19.2 Å². The third kappa shape index (κ3) is 7.89. The van der Waals surface area contributed by atoms with E-state index in [-0.39, 0.29) is 28.4 Å². The van der Waals surface area contributed by atoms with Crippen LogP contribution >= 0.6 is 0 Å². The molecule has 15 heteroatoms. The van der Waals surface area contributed by atoms with Crippen molar-refractivity contribution < 1.29 is 31.0 Å². The number of imidazole rings is 1. The first-order valence-electron chi connectivity index (χ1n) is 15.0. The number of rotatable bonds is 10. The van der Waals surface area contributed by atoms with Gasteiger partial charge in [-0.3, -0.25) is 13.5 Å². The fourth-order valence-electron chi connectivity index (χ4n) is 4.43. The molecule has 0 spiro atoms. The molecule has 1 fully saturated rings. The minimum Gasteiger partial charge on any atom is -0.414 e. The van der Waals surface area contributed by atoms with Crippen LogP contribution in [0.5, 0.6) is 0 Å². The van der Waals surface area contributed by atoms with Gasteiger partial charge in [-0.05, 0) is 48.4 Å². The van der Waals surface area contributed by atoms with Gasteiger partial charge in [-0.25, -0.2) is 15.0 Å². The zero-order valence-corrected chi connectivity index (χ0v) is 30.9. The second-order valence-electron chi connectivity index (χ2n) is 14.6. The Kier molecular flexibility index (Phi) is 9.87. The second-order valence-corrected chi connectivity index (χ2v) is 25.8. The first-order chi connectivity index (χ1) is 20.6. The number of carbonyl (C=O) groups excluding carboxylic acids is 1. The van der Waals surface area contributed by atoms with Gasteiger partial charge in [0.2, 0.25) is 0 Å². The predicted molar refractivity (Wildman–Crippen MR) is 179 cm³/mol. The molecule has 4 atom stereocenters. The van der Waals surface area contributed by atoms with Gasteiger partial charge in [0.1, 0.15) is 24.6 Å². The Morgan fingerprint density at radius 2 is 1.58 bits per heavy atom. The van der Waals surface area contributed by atoms with Crippen LogP contribution in [0.15, 0.2) is 43.0 Å². The topological polar surface area (TPSA) is 144 Å². The monoisotopic (exact) mass is 677 g/mol. The highest BCUT2D eigenvalue weighted by Crippen LogP contribution is 2.44. The number of carbonyl (C=O) groups is 1. The van der Waals surface area contributed by atoms with Gasteiger partial charge < -0.3 is 18.9 Å². The van der Waals surface area contributed by atoms with Crippen molar-refractivity contribution in [2.45, 2.75) is 102 Å². The molecule has 0 bridgehead atoms. The molecule has 4 unspecified atom stereocenters. The molecule has 1 saturated heterocycles. The molecule has 0 saturated carbocycles. The van der Waals surface area contributed by atoms with Crippen molar-refractivity contribution >= 4 is 49.6 Å². The van der Waals surface area contributed by atoms with E-state index < -0.39 is 51.3 Å². The van der Waals surface area contributed by atoms with Crippen molar-refractivity contribution in [3.63, 3.8) is 0 Å². The smallest absolute Gasteiger partial charge is 0.264 e. The first-order valence-corrected chi connectivity index (χ1v) is 22.6. The van der Waals surface area contributed by atoms with Crippen LogP contribution in [-0.4, -0.2) is 81.7 Å². The van der Waals surface area contributed by atoms with Crippen molar-refractivity contribution in [1.82, 2.24) is 19.5 Å². The van der Waals surface area contributed by atoms with Gasteiger partial charge >= 0.3 is 0 Å². The molecule has 0 aliphatic carbocycles. The summed E-state index contributed by atoms with van der Waals surface area (Å²) in [7, 11) is -8.66. The van der Waals surface area contributed by atoms with Gasteiger partial charge in [0, 0.05) is 5.56 Å². The summed E-state index contributed by atoms with van der Waals surface area (Å²) in [6.45, 7) is 21.3. The number of amides is 1. The molecular weight excluding hydrogens is 631 g/mol. The number of hydrogen-bond acceptors (Lipinski definition) is 10. The molecule has 0 radical (unpaired) electrons. The molecule has 248 valence electrons. The summed E-state index contributed by atoms with van der Waals surface area (Å²) in [4.78, 5) is 26.2. The standard InChI is InChI=1S/C30H47N5O7SSi2/c1-29(2,3)44(8,9)39-17-21-23(41-43(7,37)38)24(42-45(10,11)30(4,5)6)28(40-21)35-19-33-22-25(31-18-32-26(22)35)34-27(36)20-15-13-12-14-16-20/h12-16,18-19,21,23-24,28H,17H2,1-11H3,(H,31,32,34,36). The van der Waals surface area contributed by atoms with Crippen molar-refractivity contribution in [3.8, 4) is 0 Å². The number of nitrogens with one attached hydrogen (secondary N) is 1. The van der Waals surface area contributed by atoms with Gasteiger partial charge in [0.15, 0.2) is 39.8 Å². The van der Waals surface area contributed by atoms with E-state index in [0.717, 1.165) is 6.26 Å². The van der Waals surface area contributed by atoms with Crippen LogP contribution < -0.4 is 5.32 Å². The highest BCUT2D eigenvalue weighted by Gasteiger charge is 2.54. The van der Waals surface area contributed by atoms with E-state index in [1.807, 2.05) is 6.07 Å². The number of aromatic nitrogens is 4. The zero-order chi connectivity index (χ0) is 33.6. The van der Waals surface area contributed by atoms with Gasteiger partial charge in [-0.15, -0.1) is 0 Å². The number of fused-ring (bicyclic) bond motifs is 1. The maximum atomic E-state index is 12.9. The molecule has 3 aromatic rings. The van der Waals surface area contributed by atoms with E-state index >= 15 is 0 Å². The molecule has 4 rings (SSSR count). The minimum absolute atomic E-state index is 0.0761. The van der Waals surface area contributed by atoms with Gasteiger partial charge in [0.25, 0.3) is 16.0 Å². The SMILES string of the molecule is CC(C)(C)[Si](C)(C)OCC1OC(n2cnc3c(NC(=O)c4ccccc4)ncnc32)C(O[Si](C)(C)C(C)(C)C)C1OS(C)(=O)=O. The van der Waals surface area contributed by atoms with E-state index in [1.54, 1.807) is 35.2 Å². The predicted octanol–water partition coefficient (Wildman–Crippen LogP) is 5.73. The molecule has 2 aromatic heterocycles. The number of nitrogens with zero attached hydrogens (tertiary/aromatic N) is 4. The average molecular weight is 678 g/mol. The molecule has 45 heavy (non-hydrogen) atoms. The Hall–Kier alpha value is -2.54. The molecule has 3 heterocycles. The Morgan fingerprint density at radius 1 is 0.956 bits per heavy atom. The first kappa shape index (κ1) is 35.3. The van der Waals surface area contributed by atoms with Crippen LogP contribution in [0.2, 0.25) is 36.3 Å². The minimum atomic E-state index is -3.91. The van der Waals surface area contributed by atoms with Crippen molar-refractivity contribution in [2.75, 3.05) is 18.2 Å². The van der Waals surface area contributed by atoms with E-state index in [9.17, 15) is 13.2 Å². The summed E-state index contributed by atoms with van der Waals surface area (Å²) in [5.74, 6) is -0.111. The normalized spacial score (nSPS) is 21.8. The lowest BCUT2D eigenvalue weighted by Gasteiger charge is -2.40. The number of ether oxygens (including phenoxy) is 1. The Balaban J connectivity index is 1.77. The number of anilines is 1. The lowest BCUT2D eigenvalue weighted by Crippen LogP contribution is -2.50. The highest BCUT2D eigenvalue weighted by atomic mass is 32.2. The average Bonchev–Trinajstić information content (AvgIpc) is 3.47. The third-order valence-electron chi connectivity index (χ3n) is 9.12. The summed E-state index contributed by atoms with van der Waals surface area (Å²) in [6.07, 6.45) is 0.420. The lowest BCUT2D eigenvalue weighted by atomic mass is 10.1. The van der Waals surface area contributed by atoms with Crippen LogP contribution in [0.4, 0.5) is 5.82 Å². The van der Waals surface area contributed by atoms with Crippen molar-refractivity contribution in [3.05, 3.63) is 48.5 Å². The van der Waals surface area contributed by atoms with E-state index in [4.69, 9.17) is 17.8 Å². The zero-order valence-electron chi connectivity index (χ0n) is 28.1. The second kappa shape index (κ2) is 12.6. The summed E-state index contributed by atoms with van der Waals surface area (Å²) in [6, 6.07) is 8.79. The Labute approximate surface area is 268 Å². The quantitative estimate of drug-likeness (QED) is 0.209. The molecule has 1 aliphatic heterocycles. The van der Waals surface area contributed by atoms with E-state index in [0.29, 0.717) is 16.7 Å². The summed E-state index contributed by atoms with van der Waals surface area (Å²) in [5.41, 5.74) is 1.19. The highest BCUT2D eigenvalue weighted by molar-refractivity contribution is 7.86. The molecule has 1 amide bonds. The van der Waals surface area contributed by atoms with Crippen LogP contribution in [-0.2, 0) is 27.9 Å². The van der Waals surface area contributed by atoms with E-state index in [1.165, 1.54) is 6.33 Å². The largest absolute Gasteiger partial charge is 0.414 e. The van der Waals surface area contributed by atoms with Crippen LogP contribution in [0.1, 0.15) is 58.1 Å². The number of hydrogen-bond donors (Lipinski definition) is 1. The molecule has 1 aliphatic rings. The summed E-state index contributed by atoms with van der Waals surface area (Å²) < 4.78 is 52.8. The van der Waals surface area contributed by atoms with Gasteiger partial charge in [-0.2, -0.15) is 8.42 Å². The van der Waals surface area contributed by atoms with Crippen LogP contribution in [0.25, 0.3) is 11.2 Å². The fourth-order valence-corrected chi connectivity index (χ4v) is 7.37. The molecule has 1 N–H and O–H groups in total. The van der Waals surface area contributed by atoms with Crippen molar-refractivity contribution in [2.24, 2.45) is 0 Å². The van der Waals surface area contributed by atoms with Crippen LogP contribution in [0.3, 0.4) is 0 Å². The fraction of sp³-hybridized carbons (Fsp3) is 0.600.